The fourth-order valence-corrected chi connectivity index (χ4v) is 3.52. The molecule has 3 nitrogen and oxygen atoms in total. The highest BCUT2D eigenvalue weighted by atomic mass is 32.2. The van der Waals surface area contributed by atoms with Gasteiger partial charge in [-0.15, -0.1) is 0 Å². The Hall–Kier alpha value is -0.0900. The van der Waals surface area contributed by atoms with E-state index < -0.39 is 10.0 Å². The van der Waals surface area contributed by atoms with Crippen molar-refractivity contribution in [1.82, 2.24) is 4.31 Å². The molecule has 1 rings (SSSR count). The Morgan fingerprint density at radius 2 is 1.86 bits per heavy atom. The van der Waals surface area contributed by atoms with Gasteiger partial charge in [-0.05, 0) is 39.5 Å². The molecular formula is C10H21NO2S. The molecule has 0 aromatic carbocycles. The largest absolute Gasteiger partial charge is 0.216 e. The molecule has 1 aliphatic rings. The van der Waals surface area contributed by atoms with E-state index in [4.69, 9.17) is 0 Å². The molecule has 1 heterocycles. The Morgan fingerprint density at radius 1 is 1.29 bits per heavy atom. The van der Waals surface area contributed by atoms with Crippen LogP contribution in [0.15, 0.2) is 0 Å². The molecule has 4 heteroatoms. The van der Waals surface area contributed by atoms with Crippen LogP contribution in [0, 0.1) is 5.92 Å². The molecule has 1 saturated heterocycles. The molecule has 1 aliphatic heterocycles. The quantitative estimate of drug-likeness (QED) is 0.710. The zero-order chi connectivity index (χ0) is 10.9. The van der Waals surface area contributed by atoms with E-state index in [0.29, 0.717) is 12.5 Å². The molecule has 0 N–H and O–H groups in total. The number of nitrogens with zero attached hydrogens (tertiary/aromatic N) is 1. The van der Waals surface area contributed by atoms with E-state index >= 15 is 0 Å². The van der Waals surface area contributed by atoms with E-state index in [0.717, 1.165) is 12.8 Å². The second-order valence-electron chi connectivity index (χ2n) is 4.68. The SMILES string of the molecule is CC1CCN(S(=O)(=O)C(C)C)C(C)C1. The summed E-state index contributed by atoms with van der Waals surface area (Å²) in [5, 5.41) is -0.293. The maximum absolute atomic E-state index is 11.9. The normalized spacial score (nSPS) is 30.9. The van der Waals surface area contributed by atoms with Gasteiger partial charge in [-0.1, -0.05) is 6.92 Å². The molecule has 14 heavy (non-hydrogen) atoms. The van der Waals surface area contributed by atoms with Gasteiger partial charge < -0.3 is 0 Å². The Kier molecular flexibility index (Phi) is 3.58. The first kappa shape index (κ1) is 12.0. The van der Waals surface area contributed by atoms with Gasteiger partial charge in [0.05, 0.1) is 5.25 Å². The van der Waals surface area contributed by atoms with Crippen molar-refractivity contribution < 1.29 is 8.42 Å². The molecule has 0 amide bonds. The number of sulfonamides is 1. The summed E-state index contributed by atoms with van der Waals surface area (Å²) in [5.74, 6) is 0.656. The molecular weight excluding hydrogens is 198 g/mol. The summed E-state index contributed by atoms with van der Waals surface area (Å²) in [4.78, 5) is 0. The minimum atomic E-state index is -3.04. The third-order valence-corrected chi connectivity index (χ3v) is 5.39. The van der Waals surface area contributed by atoms with Crippen LogP contribution in [0.25, 0.3) is 0 Å². The molecule has 0 spiro atoms. The van der Waals surface area contributed by atoms with Gasteiger partial charge in [-0.2, -0.15) is 4.31 Å². The Labute approximate surface area is 87.5 Å². The zero-order valence-electron chi connectivity index (χ0n) is 9.53. The standard InChI is InChI=1S/C10H21NO2S/c1-8(2)14(12,13)11-6-5-9(3)7-10(11)4/h8-10H,5-7H2,1-4H3. The zero-order valence-corrected chi connectivity index (χ0v) is 10.3. The van der Waals surface area contributed by atoms with Crippen LogP contribution in [-0.2, 0) is 10.0 Å². The van der Waals surface area contributed by atoms with Crippen LogP contribution in [0.3, 0.4) is 0 Å². The first-order chi connectivity index (χ1) is 6.35. The van der Waals surface area contributed by atoms with Crippen molar-refractivity contribution in [3.05, 3.63) is 0 Å². The average molecular weight is 219 g/mol. The predicted octanol–water partition coefficient (Wildman–Crippen LogP) is 1.84. The third-order valence-electron chi connectivity index (χ3n) is 3.00. The molecule has 1 fully saturated rings. The summed E-state index contributed by atoms with van der Waals surface area (Å²) in [7, 11) is -3.04. The molecule has 2 atom stereocenters. The van der Waals surface area contributed by atoms with Gasteiger partial charge >= 0.3 is 0 Å². The van der Waals surface area contributed by atoms with Crippen molar-refractivity contribution in [3.63, 3.8) is 0 Å². The van der Waals surface area contributed by atoms with Crippen LogP contribution in [0.2, 0.25) is 0 Å². The summed E-state index contributed by atoms with van der Waals surface area (Å²) in [6.07, 6.45) is 1.99. The Bertz CT molecular complexity index is 284. The number of piperidine rings is 1. The highest BCUT2D eigenvalue weighted by Crippen LogP contribution is 2.26. The minimum absolute atomic E-state index is 0.172. The molecule has 0 aromatic heterocycles. The van der Waals surface area contributed by atoms with Crippen LogP contribution in [-0.4, -0.2) is 30.6 Å². The highest BCUT2D eigenvalue weighted by molar-refractivity contribution is 7.89. The van der Waals surface area contributed by atoms with Crippen LogP contribution in [0.5, 0.6) is 0 Å². The summed E-state index contributed by atoms with van der Waals surface area (Å²) in [6.45, 7) is 8.40. The number of hydrogen-bond donors (Lipinski definition) is 0. The van der Waals surface area contributed by atoms with Gasteiger partial charge in [0, 0.05) is 12.6 Å². The van der Waals surface area contributed by atoms with E-state index in [1.807, 2.05) is 6.92 Å². The lowest BCUT2D eigenvalue weighted by Crippen LogP contribution is -2.46. The fourth-order valence-electron chi connectivity index (χ4n) is 2.03. The van der Waals surface area contributed by atoms with Crippen LogP contribution in [0.1, 0.15) is 40.5 Å². The Morgan fingerprint density at radius 3 is 2.29 bits per heavy atom. The smallest absolute Gasteiger partial charge is 0.212 e. The van der Waals surface area contributed by atoms with Crippen molar-refractivity contribution >= 4 is 10.0 Å². The molecule has 2 unspecified atom stereocenters. The maximum Gasteiger partial charge on any atom is 0.216 e. The predicted molar refractivity (Wildman–Crippen MR) is 58.6 cm³/mol. The first-order valence-electron chi connectivity index (χ1n) is 5.36. The van der Waals surface area contributed by atoms with E-state index in [1.54, 1.807) is 18.2 Å². The second-order valence-corrected chi connectivity index (χ2v) is 7.12. The maximum atomic E-state index is 11.9. The van der Waals surface area contributed by atoms with Gasteiger partial charge in [0.15, 0.2) is 0 Å². The third kappa shape index (κ3) is 2.28. The lowest BCUT2D eigenvalue weighted by Gasteiger charge is -2.36. The van der Waals surface area contributed by atoms with Gasteiger partial charge in [-0.25, -0.2) is 8.42 Å². The van der Waals surface area contributed by atoms with E-state index in [2.05, 4.69) is 6.92 Å². The summed E-state index contributed by atoms with van der Waals surface area (Å²) in [6, 6.07) is 0.172. The topological polar surface area (TPSA) is 37.4 Å². The van der Waals surface area contributed by atoms with Crippen LogP contribution in [0.4, 0.5) is 0 Å². The molecule has 0 saturated carbocycles. The van der Waals surface area contributed by atoms with Crippen molar-refractivity contribution in [1.29, 1.82) is 0 Å². The van der Waals surface area contributed by atoms with Crippen molar-refractivity contribution in [2.24, 2.45) is 5.92 Å². The van der Waals surface area contributed by atoms with E-state index in [9.17, 15) is 8.42 Å². The van der Waals surface area contributed by atoms with Gasteiger partial charge in [-0.3, -0.25) is 0 Å². The molecule has 0 radical (unpaired) electrons. The van der Waals surface area contributed by atoms with Gasteiger partial charge in [0.1, 0.15) is 0 Å². The van der Waals surface area contributed by atoms with Gasteiger partial charge in [0.2, 0.25) is 10.0 Å². The van der Waals surface area contributed by atoms with Gasteiger partial charge in [0.25, 0.3) is 0 Å². The van der Waals surface area contributed by atoms with Crippen molar-refractivity contribution in [2.45, 2.75) is 51.8 Å². The Balaban J connectivity index is 2.79. The molecule has 0 bridgehead atoms. The van der Waals surface area contributed by atoms with Crippen molar-refractivity contribution in [3.8, 4) is 0 Å². The van der Waals surface area contributed by atoms with E-state index in [-0.39, 0.29) is 11.3 Å². The molecule has 84 valence electrons. The fraction of sp³-hybridized carbons (Fsp3) is 1.00. The lowest BCUT2D eigenvalue weighted by molar-refractivity contribution is 0.219. The van der Waals surface area contributed by atoms with Crippen molar-refractivity contribution in [2.75, 3.05) is 6.54 Å². The monoisotopic (exact) mass is 219 g/mol. The number of hydrogen-bond acceptors (Lipinski definition) is 2. The van der Waals surface area contributed by atoms with E-state index in [1.165, 1.54) is 0 Å². The summed E-state index contributed by atoms with van der Waals surface area (Å²) < 4.78 is 25.5. The molecule has 0 aliphatic carbocycles. The molecule has 0 aromatic rings. The average Bonchev–Trinajstić information content (AvgIpc) is 2.02. The van der Waals surface area contributed by atoms with Crippen LogP contribution < -0.4 is 0 Å². The van der Waals surface area contributed by atoms with Crippen LogP contribution >= 0.6 is 0 Å². The minimum Gasteiger partial charge on any atom is -0.212 e. The lowest BCUT2D eigenvalue weighted by atomic mass is 9.95. The number of rotatable bonds is 2. The highest BCUT2D eigenvalue weighted by Gasteiger charge is 2.33. The summed E-state index contributed by atoms with van der Waals surface area (Å²) >= 11 is 0. The summed E-state index contributed by atoms with van der Waals surface area (Å²) in [5.41, 5.74) is 0. The second kappa shape index (κ2) is 4.19. The first-order valence-corrected chi connectivity index (χ1v) is 6.86.